The Morgan fingerprint density at radius 2 is 0.241 bits per heavy atom. The average Bonchev–Trinajstić information content (AvgIpc) is 0.830. The van der Waals surface area contributed by atoms with E-state index in [4.69, 9.17) is 12.3 Å². The molecule has 12 aromatic carbocycles. The van der Waals surface area contributed by atoms with Crippen molar-refractivity contribution in [2.24, 2.45) is 21.7 Å². The molecule has 0 fully saturated rings. The Morgan fingerprint density at radius 1 is 0.142 bits per heavy atom. The molecule has 0 amide bonds. The molecule has 12 aromatic rings. The first kappa shape index (κ1) is 109. The molecular weight excluding hydrogens is 1830 g/mol. The first-order chi connectivity index (χ1) is 69.3. The van der Waals surface area contributed by atoms with Gasteiger partial charge in [0.05, 0.1) is 0 Å². The van der Waals surface area contributed by atoms with E-state index in [2.05, 4.69) is 364 Å². The Kier molecular flexibility index (Phi) is 49.0. The van der Waals surface area contributed by atoms with Crippen LogP contribution in [0.5, 0.6) is 0 Å². The summed E-state index contributed by atoms with van der Waals surface area (Å²) in [5.41, 5.74) is 16.8. The predicted octanol–water partition coefficient (Wildman–Crippen LogP) is 34.1. The van der Waals surface area contributed by atoms with Crippen molar-refractivity contribution in [1.82, 2.24) is 0 Å². The topological polar surface area (TPSA) is 105 Å². The van der Waals surface area contributed by atoms with E-state index >= 15 is 0 Å². The van der Waals surface area contributed by atoms with Crippen LogP contribution in [0.15, 0.2) is 364 Å². The molecule has 0 spiro atoms. The monoisotopic (exact) mass is 2000 g/mol. The van der Waals surface area contributed by atoms with Gasteiger partial charge in [-0.3, -0.25) is 0 Å². The molecule has 141 heavy (non-hydrogen) atoms. The van der Waals surface area contributed by atoms with Crippen molar-refractivity contribution < 1.29 is 31.5 Å². The Balaban J connectivity index is 0.666. The molecule has 0 saturated heterocycles. The van der Waals surface area contributed by atoms with Crippen LogP contribution in [0.3, 0.4) is 0 Å². The van der Waals surface area contributed by atoms with Gasteiger partial charge in [0.1, 0.15) is 0 Å². The van der Waals surface area contributed by atoms with Gasteiger partial charge in [0, 0.05) is 0 Å². The van der Waals surface area contributed by atoms with Gasteiger partial charge < -0.3 is 0 Å². The molecule has 0 heterocycles. The van der Waals surface area contributed by atoms with E-state index in [0.717, 1.165) is 283 Å². The minimum absolute atomic E-state index is 0.0133. The third-order valence-corrected chi connectivity index (χ3v) is 34.8. The SMILES string of the molecule is O=C(CCCCCCCCCCC(Cc1ccccc1)(Cc1ccccc1)Cc1ccccc1)[O][Sn]([O]C(=O)CCCCCCCCCCC(Cc1ccccc1)(Cc1ccccc1)Cc1ccccc1)([O]C(=O)CCCCCCCCCCC(Cc1ccccc1)(Cc1ccccc1)Cc1ccccc1)[O]C(=O)CCCCCCCCCCC(Cc1ccccc1)(Cc1ccccc1)Cc1ccccc1. The summed E-state index contributed by atoms with van der Waals surface area (Å²) < 4.78 is 25.2. The van der Waals surface area contributed by atoms with Crippen molar-refractivity contribution in [3.05, 3.63) is 431 Å². The van der Waals surface area contributed by atoms with E-state index in [9.17, 15) is 19.2 Å². The summed E-state index contributed by atoms with van der Waals surface area (Å²) in [6, 6.07) is 132. The number of carbonyl (C=O) groups excluding carboxylic acids is 4. The van der Waals surface area contributed by atoms with Crippen molar-refractivity contribution in [2.45, 2.75) is 334 Å². The van der Waals surface area contributed by atoms with Gasteiger partial charge in [0.15, 0.2) is 0 Å². The quantitative estimate of drug-likeness (QED) is 0.0274. The van der Waals surface area contributed by atoms with Gasteiger partial charge in [-0.15, -0.1) is 0 Å². The molecule has 0 saturated carbocycles. The van der Waals surface area contributed by atoms with Crippen LogP contribution >= 0.6 is 0 Å². The molecule has 8 nitrogen and oxygen atoms in total. The molecule has 0 aliphatic heterocycles. The zero-order chi connectivity index (χ0) is 97.8. The molecule has 0 unspecified atom stereocenters. The summed E-state index contributed by atoms with van der Waals surface area (Å²) in [5.74, 6) is -2.66. The van der Waals surface area contributed by atoms with Gasteiger partial charge in [-0.2, -0.15) is 0 Å². The second-order valence-electron chi connectivity index (χ2n) is 41.7. The van der Waals surface area contributed by atoms with Gasteiger partial charge >= 0.3 is 332 Å². The summed E-state index contributed by atoms with van der Waals surface area (Å²) in [7, 11) is 0. The van der Waals surface area contributed by atoms with Crippen molar-refractivity contribution in [1.29, 1.82) is 0 Å². The fraction of sp³-hybridized carbons (Fsp3) is 0.424. The molecule has 0 atom stereocenters. The van der Waals surface area contributed by atoms with E-state index in [1.54, 1.807) is 0 Å². The van der Waals surface area contributed by atoms with Gasteiger partial charge in [0.25, 0.3) is 0 Å². The first-order valence-electron chi connectivity index (χ1n) is 54.7. The first-order valence-corrected chi connectivity index (χ1v) is 59.4. The smallest absolute Gasteiger partial charge is 0.0622 e. The summed E-state index contributed by atoms with van der Waals surface area (Å²) >= 11 is -6.24. The minimum Gasteiger partial charge on any atom is -0.0622 e. The van der Waals surface area contributed by atoms with Gasteiger partial charge in [-0.05, 0) is 165 Å². The standard InChI is InChI=1S/4C33H42O2.Sn/c4*34-32(35)24-16-5-3-1-2-4-6-17-25-33(26-29-18-10-7-11-19-29,27-30-20-12-8-13-21-30)28-31-22-14-9-15-23-31;/h4*7-15,18-23H,1-6,16-17,24-28H2,(H,34,35);/q;;;;+4/p-4. The third-order valence-electron chi connectivity index (χ3n) is 29.4. The summed E-state index contributed by atoms with van der Waals surface area (Å²) in [5, 5.41) is 0. The van der Waals surface area contributed by atoms with E-state index < -0.39 is 43.9 Å². The second-order valence-corrected chi connectivity index (χ2v) is 46.8. The Hall–Kier alpha value is -10.7. The van der Waals surface area contributed by atoms with E-state index in [1.807, 2.05) is 0 Å². The molecule has 0 aliphatic carbocycles. The van der Waals surface area contributed by atoms with Crippen molar-refractivity contribution in [3.8, 4) is 0 Å². The number of rotatable bonds is 72. The molecule has 0 aromatic heterocycles. The zero-order valence-corrected chi connectivity index (χ0v) is 88.0. The predicted molar refractivity (Wildman–Crippen MR) is 586 cm³/mol. The van der Waals surface area contributed by atoms with E-state index in [-0.39, 0.29) is 47.3 Å². The second kappa shape index (κ2) is 63.4. The molecule has 0 radical (unpaired) electrons. The van der Waals surface area contributed by atoms with Gasteiger partial charge in [0.2, 0.25) is 0 Å². The Labute approximate surface area is 855 Å². The van der Waals surface area contributed by atoms with Crippen LogP contribution < -0.4 is 0 Å². The molecule has 744 valence electrons. The number of hydrogen-bond donors (Lipinski definition) is 0. The summed E-state index contributed by atoms with van der Waals surface area (Å²) in [4.78, 5) is 58.4. The van der Waals surface area contributed by atoms with Crippen molar-refractivity contribution >= 4 is 43.9 Å². The molecular formula is C132H164O8Sn. The number of unbranched alkanes of at least 4 members (excludes halogenated alkanes) is 28. The molecule has 9 heteroatoms. The number of hydrogen-bond acceptors (Lipinski definition) is 8. The third kappa shape index (κ3) is 42.8. The zero-order valence-electron chi connectivity index (χ0n) is 85.2. The molecule has 0 aliphatic rings. The van der Waals surface area contributed by atoms with Gasteiger partial charge in [-0.1, -0.05) is 364 Å². The van der Waals surface area contributed by atoms with Crippen LogP contribution in [-0.4, -0.2) is 43.9 Å². The van der Waals surface area contributed by atoms with Gasteiger partial charge in [-0.25, -0.2) is 0 Å². The normalized spacial score (nSPS) is 11.9. The Bertz CT molecular complexity index is 4230. The number of benzene rings is 12. The van der Waals surface area contributed by atoms with Crippen LogP contribution in [-0.2, 0) is 109 Å². The minimum atomic E-state index is -6.24. The Morgan fingerprint density at radius 3 is 0.355 bits per heavy atom. The van der Waals surface area contributed by atoms with E-state index in [1.165, 1.54) is 66.8 Å². The molecule has 0 bridgehead atoms. The molecule has 12 rings (SSSR count). The summed E-state index contributed by atoms with van der Waals surface area (Å²) in [6.07, 6.45) is 48.1. The fourth-order valence-corrected chi connectivity index (χ4v) is 27.4. The van der Waals surface area contributed by atoms with Crippen LogP contribution in [0, 0.1) is 21.7 Å². The number of carbonyl (C=O) groups is 4. The average molecular weight is 2000 g/mol. The van der Waals surface area contributed by atoms with Crippen LogP contribution in [0.1, 0.15) is 324 Å². The fourth-order valence-electron chi connectivity index (χ4n) is 22.4. The molecule has 0 N–H and O–H groups in total. The van der Waals surface area contributed by atoms with Crippen molar-refractivity contribution in [3.63, 3.8) is 0 Å². The van der Waals surface area contributed by atoms with E-state index in [0.29, 0.717) is 25.7 Å². The van der Waals surface area contributed by atoms with Crippen LogP contribution in [0.2, 0.25) is 0 Å². The maximum atomic E-state index is 14.6. The van der Waals surface area contributed by atoms with Crippen LogP contribution in [0.4, 0.5) is 0 Å². The summed E-state index contributed by atoms with van der Waals surface area (Å²) in [6.45, 7) is 0. The maximum absolute atomic E-state index is 14.6. The van der Waals surface area contributed by atoms with Crippen molar-refractivity contribution in [2.75, 3.05) is 0 Å². The van der Waals surface area contributed by atoms with Crippen LogP contribution in [0.25, 0.3) is 0 Å².